The van der Waals surface area contributed by atoms with Crippen LogP contribution >= 0.6 is 7.82 Å². The van der Waals surface area contributed by atoms with Crippen LogP contribution in [0.5, 0.6) is 0 Å². The highest BCUT2D eigenvalue weighted by molar-refractivity contribution is 7.45. The van der Waals surface area contributed by atoms with Gasteiger partial charge in [-0.25, -0.2) is 0 Å². The van der Waals surface area contributed by atoms with Crippen LogP contribution in [0.2, 0.25) is 0 Å². The van der Waals surface area contributed by atoms with E-state index >= 15 is 0 Å². The number of hydrogen-bond donors (Lipinski definition) is 2. The molecule has 0 aliphatic carbocycles. The Morgan fingerprint density at radius 3 is 1.49 bits per heavy atom. The number of nitrogens with zero attached hydrogens (tertiary/aromatic N) is 1. The van der Waals surface area contributed by atoms with Crippen LogP contribution in [0.25, 0.3) is 0 Å². The SMILES string of the molecule is CCCCCCCCCCCCCCCCCCCCCCCCCC/C=C/C(O)C(COP(=O)([O-])OCC[N+](C)(C)C)NC(=O)CCC. The summed E-state index contributed by atoms with van der Waals surface area (Å²) < 4.78 is 22.7. The van der Waals surface area contributed by atoms with Gasteiger partial charge in [0, 0.05) is 6.42 Å². The second kappa shape index (κ2) is 33.1. The number of phosphoric ester groups is 1. The third kappa shape index (κ3) is 35.4. The fraction of sp³-hybridized carbons (Fsp3) is 0.925. The van der Waals surface area contributed by atoms with Gasteiger partial charge in [-0.05, 0) is 19.3 Å². The van der Waals surface area contributed by atoms with Crippen molar-refractivity contribution in [1.82, 2.24) is 5.32 Å². The molecule has 0 spiro atoms. The number of rotatable bonds is 37. The second-order valence-corrected chi connectivity index (χ2v) is 16.8. The van der Waals surface area contributed by atoms with E-state index in [0.717, 1.165) is 19.3 Å². The Bertz CT molecular complexity index is 819. The third-order valence-corrected chi connectivity index (χ3v) is 10.2. The summed E-state index contributed by atoms with van der Waals surface area (Å²) in [7, 11) is 1.26. The molecule has 292 valence electrons. The summed E-state index contributed by atoms with van der Waals surface area (Å²) >= 11 is 0. The molecule has 0 rings (SSSR count). The average Bonchev–Trinajstić information content (AvgIpc) is 3.04. The number of likely N-dealkylation sites (N-methyl/N-ethyl adjacent to an activating group) is 1. The standard InChI is InChI=1S/C40H81N2O6P/c1-6-8-9-10-11-12-13-14-15-16-17-18-19-20-21-22-23-24-25-26-27-28-29-30-31-32-34-39(43)38(41-40(44)33-7-2)37-48-49(45,46)47-36-35-42(3,4)5/h32,34,38-39,43H,6-31,33,35-37H2,1-5H3,(H-,41,44,45,46)/b34-32+. The summed E-state index contributed by atoms with van der Waals surface area (Å²) in [6.07, 6.45) is 37.2. The molecule has 0 aromatic carbocycles. The average molecular weight is 717 g/mol. The highest BCUT2D eigenvalue weighted by Gasteiger charge is 2.23. The smallest absolute Gasteiger partial charge is 0.268 e. The molecular weight excluding hydrogens is 635 g/mol. The van der Waals surface area contributed by atoms with Gasteiger partial charge in [0.15, 0.2) is 0 Å². The number of carbonyl (C=O) groups is 1. The van der Waals surface area contributed by atoms with Crippen molar-refractivity contribution in [2.45, 2.75) is 199 Å². The molecule has 3 unspecified atom stereocenters. The van der Waals surface area contributed by atoms with Crippen molar-refractivity contribution in [1.29, 1.82) is 0 Å². The van der Waals surface area contributed by atoms with Gasteiger partial charge in [0.25, 0.3) is 7.82 Å². The fourth-order valence-corrected chi connectivity index (χ4v) is 6.68. The molecule has 0 aromatic heterocycles. The minimum Gasteiger partial charge on any atom is -0.756 e. The number of aliphatic hydroxyl groups is 1. The largest absolute Gasteiger partial charge is 0.756 e. The molecule has 0 saturated heterocycles. The molecule has 2 N–H and O–H groups in total. The normalized spacial score (nSPS) is 14.7. The van der Waals surface area contributed by atoms with Crippen LogP contribution in [0.1, 0.15) is 187 Å². The van der Waals surface area contributed by atoms with Gasteiger partial charge >= 0.3 is 0 Å². The predicted octanol–water partition coefficient (Wildman–Crippen LogP) is 10.2. The first-order chi connectivity index (χ1) is 23.5. The maximum absolute atomic E-state index is 12.2. The van der Waals surface area contributed by atoms with E-state index < -0.39 is 20.0 Å². The number of phosphoric acid groups is 1. The van der Waals surface area contributed by atoms with Gasteiger partial charge in [0.1, 0.15) is 13.2 Å². The van der Waals surface area contributed by atoms with Gasteiger partial charge in [0.05, 0.1) is 39.9 Å². The maximum atomic E-state index is 12.2. The highest BCUT2D eigenvalue weighted by Crippen LogP contribution is 2.38. The highest BCUT2D eigenvalue weighted by atomic mass is 31.2. The number of carbonyl (C=O) groups excluding carboxylic acids is 1. The van der Waals surface area contributed by atoms with E-state index in [1.54, 1.807) is 6.08 Å². The van der Waals surface area contributed by atoms with E-state index in [2.05, 4.69) is 12.2 Å². The fourth-order valence-electron chi connectivity index (χ4n) is 5.96. The Labute approximate surface area is 303 Å². The van der Waals surface area contributed by atoms with Crippen LogP contribution in [0.3, 0.4) is 0 Å². The van der Waals surface area contributed by atoms with Crippen LogP contribution in [-0.4, -0.2) is 68.5 Å². The summed E-state index contributed by atoms with van der Waals surface area (Å²) in [5, 5.41) is 13.4. The Morgan fingerprint density at radius 1 is 0.694 bits per heavy atom. The number of nitrogens with one attached hydrogen (secondary N) is 1. The molecule has 8 nitrogen and oxygen atoms in total. The molecular formula is C40H81N2O6P. The molecule has 3 atom stereocenters. The maximum Gasteiger partial charge on any atom is 0.268 e. The molecule has 0 aliphatic heterocycles. The molecule has 0 radical (unpaired) electrons. The van der Waals surface area contributed by atoms with Gasteiger partial charge < -0.3 is 28.8 Å². The second-order valence-electron chi connectivity index (χ2n) is 15.4. The molecule has 0 fully saturated rings. The van der Waals surface area contributed by atoms with E-state index in [4.69, 9.17) is 9.05 Å². The first-order valence-electron chi connectivity index (χ1n) is 20.6. The number of allylic oxidation sites excluding steroid dienone is 1. The summed E-state index contributed by atoms with van der Waals surface area (Å²) in [6.45, 7) is 4.29. The van der Waals surface area contributed by atoms with Crippen LogP contribution < -0.4 is 10.2 Å². The zero-order chi connectivity index (χ0) is 36.5. The van der Waals surface area contributed by atoms with Crippen molar-refractivity contribution in [2.75, 3.05) is 40.9 Å². The molecule has 1 amide bonds. The summed E-state index contributed by atoms with van der Waals surface area (Å²) in [5.74, 6) is -0.250. The van der Waals surface area contributed by atoms with Crippen molar-refractivity contribution in [3.63, 3.8) is 0 Å². The van der Waals surface area contributed by atoms with Crippen molar-refractivity contribution < 1.29 is 32.9 Å². The zero-order valence-corrected chi connectivity index (χ0v) is 33.8. The minimum absolute atomic E-state index is 0.000810. The van der Waals surface area contributed by atoms with Gasteiger partial charge in [-0.3, -0.25) is 9.36 Å². The summed E-state index contributed by atoms with van der Waals surface area (Å²) in [4.78, 5) is 24.4. The van der Waals surface area contributed by atoms with Crippen LogP contribution in [0.4, 0.5) is 0 Å². The lowest BCUT2D eigenvalue weighted by Gasteiger charge is -2.29. The molecule has 0 aromatic rings. The summed E-state index contributed by atoms with van der Waals surface area (Å²) in [6, 6.07) is -0.876. The van der Waals surface area contributed by atoms with Crippen LogP contribution in [-0.2, 0) is 18.4 Å². The van der Waals surface area contributed by atoms with Crippen molar-refractivity contribution in [3.8, 4) is 0 Å². The summed E-state index contributed by atoms with van der Waals surface area (Å²) in [5.41, 5.74) is 0. The number of amides is 1. The van der Waals surface area contributed by atoms with E-state index in [0.29, 0.717) is 23.9 Å². The number of unbranched alkanes of at least 4 members (excludes halogenated alkanes) is 24. The Kier molecular flexibility index (Phi) is 32.6. The molecule has 0 heterocycles. The van der Waals surface area contributed by atoms with Crippen LogP contribution in [0, 0.1) is 0 Å². The van der Waals surface area contributed by atoms with Gasteiger partial charge in [-0.15, -0.1) is 0 Å². The third-order valence-electron chi connectivity index (χ3n) is 9.22. The minimum atomic E-state index is -4.55. The zero-order valence-electron chi connectivity index (χ0n) is 32.9. The lowest BCUT2D eigenvalue weighted by Crippen LogP contribution is -2.45. The first-order valence-corrected chi connectivity index (χ1v) is 22.0. The van der Waals surface area contributed by atoms with Crippen LogP contribution in [0.15, 0.2) is 12.2 Å². The van der Waals surface area contributed by atoms with Gasteiger partial charge in [-0.1, -0.05) is 174 Å². The Hall–Kier alpha value is -0.760. The topological polar surface area (TPSA) is 108 Å². The number of hydrogen-bond acceptors (Lipinski definition) is 6. The molecule has 9 heteroatoms. The molecule has 0 aliphatic rings. The van der Waals surface area contributed by atoms with Gasteiger partial charge in [-0.2, -0.15) is 0 Å². The Morgan fingerprint density at radius 2 is 1.10 bits per heavy atom. The van der Waals surface area contributed by atoms with Gasteiger partial charge in [0.2, 0.25) is 5.91 Å². The van der Waals surface area contributed by atoms with Crippen molar-refractivity contribution in [2.24, 2.45) is 0 Å². The lowest BCUT2D eigenvalue weighted by molar-refractivity contribution is -0.870. The predicted molar refractivity (Wildman–Crippen MR) is 205 cm³/mol. The van der Waals surface area contributed by atoms with Crippen molar-refractivity contribution >= 4 is 13.7 Å². The monoisotopic (exact) mass is 717 g/mol. The number of aliphatic hydroxyl groups excluding tert-OH is 1. The lowest BCUT2D eigenvalue weighted by atomic mass is 10.0. The first kappa shape index (κ1) is 48.2. The van der Waals surface area contributed by atoms with E-state index in [-0.39, 0.29) is 19.1 Å². The molecule has 0 bridgehead atoms. The van der Waals surface area contributed by atoms with E-state index in [1.807, 2.05) is 34.1 Å². The molecule has 0 saturated carbocycles. The van der Waals surface area contributed by atoms with E-state index in [9.17, 15) is 19.4 Å². The molecule has 49 heavy (non-hydrogen) atoms. The van der Waals surface area contributed by atoms with Crippen molar-refractivity contribution in [3.05, 3.63) is 12.2 Å². The Balaban J connectivity index is 3.82. The quantitative estimate of drug-likeness (QED) is 0.0287. The van der Waals surface area contributed by atoms with E-state index in [1.165, 1.54) is 141 Å². The number of quaternary nitrogens is 1.